The maximum absolute atomic E-state index is 13.4. The fraction of sp³-hybridized carbons (Fsp3) is 0.448. The monoisotopic (exact) mass is 478 g/mol. The number of carbonyl (C=O) groups is 1. The van der Waals surface area contributed by atoms with Crippen molar-refractivity contribution in [2.45, 2.75) is 79.1 Å². The van der Waals surface area contributed by atoms with E-state index in [1.165, 1.54) is 17.3 Å². The molecule has 1 fully saturated rings. The van der Waals surface area contributed by atoms with E-state index in [2.05, 4.69) is 55.4 Å². The van der Waals surface area contributed by atoms with Crippen molar-refractivity contribution in [3.63, 3.8) is 0 Å². The maximum Gasteiger partial charge on any atom is 0.266 e. The quantitative estimate of drug-likeness (QED) is 0.448. The lowest BCUT2D eigenvalue weighted by Gasteiger charge is -2.28. The number of aliphatic imine (C=N–C) groups is 1. The fourth-order valence-electron chi connectivity index (χ4n) is 3.87. The minimum absolute atomic E-state index is 0.00740. The number of aromatic hydroxyl groups is 1. The van der Waals surface area contributed by atoms with Crippen LogP contribution >= 0.6 is 11.8 Å². The van der Waals surface area contributed by atoms with Crippen molar-refractivity contribution in [2.75, 3.05) is 6.54 Å². The molecule has 1 aliphatic heterocycles. The van der Waals surface area contributed by atoms with E-state index < -0.39 is 0 Å². The molecule has 2 aromatic carbocycles. The number of hydrogen-bond acceptors (Lipinski definition) is 4. The van der Waals surface area contributed by atoms with E-state index in [-0.39, 0.29) is 16.7 Å². The molecule has 4 nitrogen and oxygen atoms in total. The molecular formula is C29H38N2O2S. The number of amides is 1. The zero-order chi connectivity index (χ0) is 25.3. The molecule has 1 saturated heterocycles. The summed E-state index contributed by atoms with van der Waals surface area (Å²) in [5.41, 5.74) is 4.28. The molecule has 0 aromatic heterocycles. The maximum atomic E-state index is 13.4. The molecular weight excluding hydrogens is 440 g/mol. The summed E-state index contributed by atoms with van der Waals surface area (Å²) in [5.74, 6) is 0.339. The molecule has 0 atom stereocenters. The Kier molecular flexibility index (Phi) is 7.66. The Morgan fingerprint density at radius 2 is 1.56 bits per heavy atom. The molecule has 2 aromatic rings. The first-order chi connectivity index (χ1) is 15.8. The van der Waals surface area contributed by atoms with Crippen molar-refractivity contribution in [3.8, 4) is 5.75 Å². The van der Waals surface area contributed by atoms with Gasteiger partial charge in [0, 0.05) is 17.7 Å². The highest BCUT2D eigenvalue weighted by atomic mass is 32.2. The van der Waals surface area contributed by atoms with Crippen LogP contribution in [0.4, 0.5) is 5.69 Å². The smallest absolute Gasteiger partial charge is 0.266 e. The van der Waals surface area contributed by atoms with Gasteiger partial charge in [0.05, 0.1) is 10.6 Å². The van der Waals surface area contributed by atoms with Crippen LogP contribution in [0, 0.1) is 6.92 Å². The van der Waals surface area contributed by atoms with E-state index in [1.54, 1.807) is 4.90 Å². The zero-order valence-corrected chi connectivity index (χ0v) is 22.6. The first-order valence-corrected chi connectivity index (χ1v) is 12.9. The minimum atomic E-state index is -0.226. The van der Waals surface area contributed by atoms with Crippen molar-refractivity contribution in [2.24, 2.45) is 4.99 Å². The van der Waals surface area contributed by atoms with Gasteiger partial charge < -0.3 is 5.11 Å². The lowest BCUT2D eigenvalue weighted by atomic mass is 9.78. The molecule has 182 valence electrons. The van der Waals surface area contributed by atoms with Crippen molar-refractivity contribution in [1.82, 2.24) is 4.90 Å². The fourth-order valence-corrected chi connectivity index (χ4v) is 4.89. The van der Waals surface area contributed by atoms with Gasteiger partial charge in [-0.1, -0.05) is 72.6 Å². The van der Waals surface area contributed by atoms with Gasteiger partial charge in [-0.25, -0.2) is 4.99 Å². The molecule has 0 spiro atoms. The molecule has 0 aliphatic carbocycles. The molecule has 0 unspecified atom stereocenters. The summed E-state index contributed by atoms with van der Waals surface area (Å²) >= 11 is 1.43. The average molecular weight is 479 g/mol. The number of carbonyl (C=O) groups excluding carboxylic acids is 1. The predicted octanol–water partition coefficient (Wildman–Crippen LogP) is 7.70. The number of rotatable bonds is 5. The zero-order valence-electron chi connectivity index (χ0n) is 21.8. The number of phenols is 1. The normalized spacial score (nSPS) is 17.3. The molecule has 0 radical (unpaired) electrons. The highest BCUT2D eigenvalue weighted by Crippen LogP contribution is 2.41. The molecule has 0 bridgehead atoms. The highest BCUT2D eigenvalue weighted by Gasteiger charge is 2.33. The van der Waals surface area contributed by atoms with Crippen LogP contribution in [-0.4, -0.2) is 27.6 Å². The van der Waals surface area contributed by atoms with Crippen LogP contribution < -0.4 is 0 Å². The second-order valence-corrected chi connectivity index (χ2v) is 12.1. The van der Waals surface area contributed by atoms with Crippen LogP contribution in [0.25, 0.3) is 6.08 Å². The van der Waals surface area contributed by atoms with E-state index in [1.807, 2.05) is 42.5 Å². The van der Waals surface area contributed by atoms with Gasteiger partial charge in [-0.05, 0) is 71.8 Å². The van der Waals surface area contributed by atoms with Crippen LogP contribution in [-0.2, 0) is 15.6 Å². The number of amidine groups is 1. The Morgan fingerprint density at radius 1 is 1.00 bits per heavy atom. The summed E-state index contributed by atoms with van der Waals surface area (Å²) in [6.45, 7) is 17.4. The van der Waals surface area contributed by atoms with Gasteiger partial charge in [0.25, 0.3) is 5.91 Å². The van der Waals surface area contributed by atoms with Gasteiger partial charge in [-0.2, -0.15) is 0 Å². The van der Waals surface area contributed by atoms with E-state index in [4.69, 9.17) is 4.99 Å². The Bertz CT molecular complexity index is 1080. The largest absolute Gasteiger partial charge is 0.507 e. The van der Waals surface area contributed by atoms with Gasteiger partial charge in [0.15, 0.2) is 5.17 Å². The number of phenolic OH excluding ortho intramolecular Hbond substituents is 1. The van der Waals surface area contributed by atoms with Gasteiger partial charge in [-0.3, -0.25) is 9.69 Å². The molecule has 3 rings (SSSR count). The molecule has 1 aliphatic rings. The van der Waals surface area contributed by atoms with Crippen molar-refractivity contribution < 1.29 is 9.90 Å². The number of benzene rings is 2. The molecule has 5 heteroatoms. The second-order valence-electron chi connectivity index (χ2n) is 11.1. The van der Waals surface area contributed by atoms with Crippen LogP contribution in [0.3, 0.4) is 0 Å². The van der Waals surface area contributed by atoms with Gasteiger partial charge >= 0.3 is 0 Å². The van der Waals surface area contributed by atoms with Gasteiger partial charge in [0.1, 0.15) is 5.75 Å². The number of nitrogens with zero attached hydrogens (tertiary/aromatic N) is 2. The Labute approximate surface area is 209 Å². The summed E-state index contributed by atoms with van der Waals surface area (Å²) in [5, 5.41) is 11.8. The third-order valence-corrected chi connectivity index (χ3v) is 6.93. The predicted molar refractivity (Wildman–Crippen MR) is 146 cm³/mol. The third-order valence-electron chi connectivity index (χ3n) is 5.93. The van der Waals surface area contributed by atoms with Crippen LogP contribution in [0.2, 0.25) is 0 Å². The summed E-state index contributed by atoms with van der Waals surface area (Å²) in [6, 6.07) is 12.1. The van der Waals surface area contributed by atoms with E-state index in [0.29, 0.717) is 17.2 Å². The number of hydrogen-bond donors (Lipinski definition) is 1. The lowest BCUT2D eigenvalue weighted by Crippen LogP contribution is -2.30. The third kappa shape index (κ3) is 5.93. The molecule has 34 heavy (non-hydrogen) atoms. The topological polar surface area (TPSA) is 52.9 Å². The van der Waals surface area contributed by atoms with Gasteiger partial charge in [-0.15, -0.1) is 0 Å². The van der Waals surface area contributed by atoms with Crippen LogP contribution in [0.15, 0.2) is 46.3 Å². The van der Waals surface area contributed by atoms with Gasteiger partial charge in [0.2, 0.25) is 0 Å². The van der Waals surface area contributed by atoms with Crippen molar-refractivity contribution >= 4 is 34.6 Å². The van der Waals surface area contributed by atoms with Crippen molar-refractivity contribution in [1.29, 1.82) is 0 Å². The standard InChI is InChI=1S/C29H38N2O2S/c1-9-10-15-31-26(33)24(34-27(31)30-21-13-11-19(2)12-14-21)18-20-16-22(28(3,4)5)25(32)23(17-20)29(6,7)8/h11-14,16-18,32H,9-10,15H2,1-8H3/b24-18+,30-27?. The highest BCUT2D eigenvalue weighted by molar-refractivity contribution is 8.18. The Hall–Kier alpha value is -2.53. The van der Waals surface area contributed by atoms with E-state index >= 15 is 0 Å². The number of unbranched alkanes of at least 4 members (excludes halogenated alkanes) is 1. The molecule has 1 N–H and O–H groups in total. The second kappa shape index (κ2) is 9.99. The minimum Gasteiger partial charge on any atom is -0.507 e. The molecule has 1 heterocycles. The van der Waals surface area contributed by atoms with E-state index in [0.717, 1.165) is 40.4 Å². The van der Waals surface area contributed by atoms with Crippen LogP contribution in [0.5, 0.6) is 5.75 Å². The summed E-state index contributed by atoms with van der Waals surface area (Å²) in [4.78, 5) is 20.7. The Morgan fingerprint density at radius 3 is 2.06 bits per heavy atom. The van der Waals surface area contributed by atoms with Crippen molar-refractivity contribution in [3.05, 3.63) is 63.6 Å². The molecule has 0 saturated carbocycles. The average Bonchev–Trinajstić information content (AvgIpc) is 3.01. The lowest BCUT2D eigenvalue weighted by molar-refractivity contribution is -0.122. The molecule has 1 amide bonds. The first kappa shape index (κ1) is 26.1. The Balaban J connectivity index is 2.08. The first-order valence-electron chi connectivity index (χ1n) is 12.1. The summed E-state index contributed by atoms with van der Waals surface area (Å²) in [7, 11) is 0. The number of aryl methyl sites for hydroxylation is 1. The van der Waals surface area contributed by atoms with E-state index in [9.17, 15) is 9.90 Å². The SMILES string of the molecule is CCCCN1C(=O)/C(=C\c2cc(C(C)(C)C)c(O)c(C(C)(C)C)c2)SC1=Nc1ccc(C)cc1. The number of thioether (sulfide) groups is 1. The summed E-state index contributed by atoms with van der Waals surface area (Å²) < 4.78 is 0. The summed E-state index contributed by atoms with van der Waals surface area (Å²) in [6.07, 6.45) is 3.88. The van der Waals surface area contributed by atoms with Crippen LogP contribution in [0.1, 0.15) is 83.6 Å².